The Morgan fingerprint density at radius 2 is 1.87 bits per heavy atom. The molecule has 1 aliphatic carbocycles. The lowest BCUT2D eigenvalue weighted by Gasteiger charge is -2.37. The first-order valence-corrected chi connectivity index (χ1v) is 6.49. The van der Waals surface area contributed by atoms with Crippen LogP contribution in [-0.2, 0) is 0 Å². The van der Waals surface area contributed by atoms with Crippen LogP contribution in [0.5, 0.6) is 0 Å². The summed E-state index contributed by atoms with van der Waals surface area (Å²) in [5.74, 6) is 0.958. The molecule has 1 aliphatic rings. The van der Waals surface area contributed by atoms with Gasteiger partial charge < -0.3 is 10.6 Å². The molecule has 0 bridgehead atoms. The van der Waals surface area contributed by atoms with E-state index in [4.69, 9.17) is 5.73 Å². The third kappa shape index (κ3) is 3.18. The van der Waals surface area contributed by atoms with Gasteiger partial charge in [0.2, 0.25) is 0 Å². The summed E-state index contributed by atoms with van der Waals surface area (Å²) in [6, 6.07) is 0.744. The number of nitrogens with zero attached hydrogens (tertiary/aromatic N) is 1. The van der Waals surface area contributed by atoms with E-state index >= 15 is 0 Å². The van der Waals surface area contributed by atoms with Gasteiger partial charge in [-0.3, -0.25) is 0 Å². The number of hydrogen-bond acceptors (Lipinski definition) is 2. The zero-order valence-corrected chi connectivity index (χ0v) is 10.9. The van der Waals surface area contributed by atoms with E-state index < -0.39 is 0 Å². The zero-order chi connectivity index (χ0) is 11.5. The first kappa shape index (κ1) is 13.0. The van der Waals surface area contributed by atoms with Crippen LogP contribution in [0.3, 0.4) is 0 Å². The van der Waals surface area contributed by atoms with E-state index in [0.717, 1.165) is 25.0 Å². The number of rotatable bonds is 7. The third-order valence-corrected chi connectivity index (χ3v) is 4.52. The Morgan fingerprint density at radius 1 is 1.33 bits per heavy atom. The molecule has 1 rings (SSSR count). The minimum Gasteiger partial charge on any atom is -0.330 e. The van der Waals surface area contributed by atoms with Gasteiger partial charge in [-0.15, -0.1) is 0 Å². The highest BCUT2D eigenvalue weighted by molar-refractivity contribution is 4.88. The Labute approximate surface area is 95.2 Å². The molecule has 0 spiro atoms. The van der Waals surface area contributed by atoms with Crippen molar-refractivity contribution in [1.82, 2.24) is 4.90 Å². The average Bonchev–Trinajstić information content (AvgIpc) is 3.08. The molecule has 0 aromatic carbocycles. The van der Waals surface area contributed by atoms with Gasteiger partial charge in [-0.2, -0.15) is 0 Å². The lowest BCUT2D eigenvalue weighted by atomic mass is 9.81. The van der Waals surface area contributed by atoms with Gasteiger partial charge in [0.1, 0.15) is 0 Å². The van der Waals surface area contributed by atoms with Crippen LogP contribution >= 0.6 is 0 Å². The fourth-order valence-electron chi connectivity index (χ4n) is 2.44. The normalized spacial score (nSPS) is 19.6. The average molecular weight is 212 g/mol. The Morgan fingerprint density at radius 3 is 2.20 bits per heavy atom. The molecule has 2 heteroatoms. The third-order valence-electron chi connectivity index (χ3n) is 4.52. The summed E-state index contributed by atoms with van der Waals surface area (Å²) >= 11 is 0. The molecule has 90 valence electrons. The maximum Gasteiger partial charge on any atom is 0.00923 e. The van der Waals surface area contributed by atoms with E-state index in [0.29, 0.717) is 5.41 Å². The molecule has 0 heterocycles. The van der Waals surface area contributed by atoms with Crippen molar-refractivity contribution in [2.24, 2.45) is 17.1 Å². The SMILES string of the molecule is CCC(CC)(CN)CN(C)C(C)C1CC1. The van der Waals surface area contributed by atoms with Gasteiger partial charge in [0.25, 0.3) is 0 Å². The van der Waals surface area contributed by atoms with Crippen molar-refractivity contribution in [3.8, 4) is 0 Å². The largest absolute Gasteiger partial charge is 0.330 e. The van der Waals surface area contributed by atoms with Crippen LogP contribution in [0.2, 0.25) is 0 Å². The molecule has 0 radical (unpaired) electrons. The zero-order valence-electron chi connectivity index (χ0n) is 10.9. The Bertz CT molecular complexity index is 175. The summed E-state index contributed by atoms with van der Waals surface area (Å²) in [4.78, 5) is 2.53. The topological polar surface area (TPSA) is 29.3 Å². The fourth-order valence-corrected chi connectivity index (χ4v) is 2.44. The van der Waals surface area contributed by atoms with Crippen molar-refractivity contribution < 1.29 is 0 Å². The monoisotopic (exact) mass is 212 g/mol. The second-order valence-electron chi connectivity index (χ2n) is 5.40. The van der Waals surface area contributed by atoms with Crippen molar-refractivity contribution in [1.29, 1.82) is 0 Å². The van der Waals surface area contributed by atoms with Gasteiger partial charge in [-0.05, 0) is 57.5 Å². The van der Waals surface area contributed by atoms with E-state index in [1.54, 1.807) is 0 Å². The van der Waals surface area contributed by atoms with Crippen molar-refractivity contribution in [2.75, 3.05) is 20.1 Å². The van der Waals surface area contributed by atoms with Gasteiger partial charge in [0, 0.05) is 12.6 Å². The Hall–Kier alpha value is -0.0800. The molecule has 1 fully saturated rings. The number of hydrogen-bond donors (Lipinski definition) is 1. The molecule has 0 aromatic heterocycles. The van der Waals surface area contributed by atoms with Crippen LogP contribution in [0.25, 0.3) is 0 Å². The van der Waals surface area contributed by atoms with Gasteiger partial charge in [0.05, 0.1) is 0 Å². The first-order valence-electron chi connectivity index (χ1n) is 6.49. The summed E-state index contributed by atoms with van der Waals surface area (Å²) in [7, 11) is 2.26. The first-order chi connectivity index (χ1) is 7.08. The Balaban J connectivity index is 2.48. The highest BCUT2D eigenvalue weighted by atomic mass is 15.1. The minimum absolute atomic E-state index is 0.345. The summed E-state index contributed by atoms with van der Waals surface area (Å²) in [5.41, 5.74) is 6.29. The van der Waals surface area contributed by atoms with Gasteiger partial charge in [-0.25, -0.2) is 0 Å². The van der Waals surface area contributed by atoms with Crippen LogP contribution in [0.15, 0.2) is 0 Å². The van der Waals surface area contributed by atoms with Gasteiger partial charge in [-0.1, -0.05) is 13.8 Å². The van der Waals surface area contributed by atoms with Crippen molar-refractivity contribution in [3.63, 3.8) is 0 Å². The van der Waals surface area contributed by atoms with E-state index in [1.165, 1.54) is 25.7 Å². The highest BCUT2D eigenvalue weighted by Gasteiger charge is 2.34. The summed E-state index contributed by atoms with van der Waals surface area (Å²) in [6.07, 6.45) is 5.25. The lowest BCUT2D eigenvalue weighted by molar-refractivity contribution is 0.127. The lowest BCUT2D eigenvalue weighted by Crippen LogP contribution is -2.44. The summed E-state index contributed by atoms with van der Waals surface area (Å²) in [6.45, 7) is 8.89. The van der Waals surface area contributed by atoms with Crippen LogP contribution in [-0.4, -0.2) is 31.1 Å². The summed E-state index contributed by atoms with van der Waals surface area (Å²) in [5, 5.41) is 0. The molecule has 0 saturated heterocycles. The molecule has 0 aliphatic heterocycles. The molecule has 1 unspecified atom stereocenters. The molecule has 2 nitrogen and oxygen atoms in total. The molecule has 0 amide bonds. The Kier molecular flexibility index (Phi) is 4.60. The van der Waals surface area contributed by atoms with E-state index in [1.807, 2.05) is 0 Å². The maximum atomic E-state index is 5.94. The standard InChI is InChI=1S/C13H28N2/c1-5-13(6-2,9-14)10-15(4)11(3)12-7-8-12/h11-12H,5-10,14H2,1-4H3. The molecule has 2 N–H and O–H groups in total. The highest BCUT2D eigenvalue weighted by Crippen LogP contribution is 2.36. The molecular weight excluding hydrogens is 184 g/mol. The predicted molar refractivity (Wildman–Crippen MR) is 66.9 cm³/mol. The van der Waals surface area contributed by atoms with E-state index in [9.17, 15) is 0 Å². The van der Waals surface area contributed by atoms with Crippen molar-refractivity contribution >= 4 is 0 Å². The van der Waals surface area contributed by atoms with Crippen molar-refractivity contribution in [2.45, 2.75) is 52.5 Å². The molecule has 1 saturated carbocycles. The molecule has 1 atom stereocenters. The molecule has 0 aromatic rings. The summed E-state index contributed by atoms with van der Waals surface area (Å²) < 4.78 is 0. The van der Waals surface area contributed by atoms with Crippen LogP contribution in [0.4, 0.5) is 0 Å². The van der Waals surface area contributed by atoms with Crippen LogP contribution < -0.4 is 5.73 Å². The second kappa shape index (κ2) is 5.31. The van der Waals surface area contributed by atoms with Gasteiger partial charge in [0.15, 0.2) is 0 Å². The smallest absolute Gasteiger partial charge is 0.00923 e. The minimum atomic E-state index is 0.345. The molecular formula is C13H28N2. The van der Waals surface area contributed by atoms with Crippen molar-refractivity contribution in [3.05, 3.63) is 0 Å². The van der Waals surface area contributed by atoms with E-state index in [-0.39, 0.29) is 0 Å². The quantitative estimate of drug-likeness (QED) is 0.702. The van der Waals surface area contributed by atoms with E-state index in [2.05, 4.69) is 32.7 Å². The fraction of sp³-hybridized carbons (Fsp3) is 1.00. The van der Waals surface area contributed by atoms with Crippen LogP contribution in [0, 0.1) is 11.3 Å². The molecule has 15 heavy (non-hydrogen) atoms. The number of nitrogens with two attached hydrogens (primary N) is 1. The predicted octanol–water partition coefficient (Wildman–Crippen LogP) is 2.48. The maximum absolute atomic E-state index is 5.94. The second-order valence-corrected chi connectivity index (χ2v) is 5.40. The van der Waals surface area contributed by atoms with Crippen LogP contribution in [0.1, 0.15) is 46.5 Å². The van der Waals surface area contributed by atoms with Gasteiger partial charge >= 0.3 is 0 Å².